The summed E-state index contributed by atoms with van der Waals surface area (Å²) in [5.41, 5.74) is 4.31. The molecule has 100 valence electrons. The standard InChI is InChI=1S/C17H20O2/c1-12-5-8-15(9-6-12)16(18)11-19-17-10-13(2)4-7-14(17)3/h4-10,16,18H,11H2,1-3H3. The number of hydrogen-bond acceptors (Lipinski definition) is 2. The first-order valence-corrected chi connectivity index (χ1v) is 6.51. The molecule has 0 radical (unpaired) electrons. The molecule has 0 amide bonds. The highest BCUT2D eigenvalue weighted by Gasteiger charge is 2.09. The van der Waals surface area contributed by atoms with Crippen LogP contribution in [0, 0.1) is 20.8 Å². The first kappa shape index (κ1) is 13.6. The topological polar surface area (TPSA) is 29.5 Å². The van der Waals surface area contributed by atoms with Crippen LogP contribution in [0.15, 0.2) is 42.5 Å². The molecule has 2 aromatic carbocycles. The number of aryl methyl sites for hydroxylation is 3. The van der Waals surface area contributed by atoms with Crippen LogP contribution >= 0.6 is 0 Å². The number of hydrogen-bond donors (Lipinski definition) is 1. The summed E-state index contributed by atoms with van der Waals surface area (Å²) in [4.78, 5) is 0. The highest BCUT2D eigenvalue weighted by molar-refractivity contribution is 5.36. The zero-order valence-electron chi connectivity index (χ0n) is 11.7. The van der Waals surface area contributed by atoms with E-state index >= 15 is 0 Å². The molecule has 0 fully saturated rings. The summed E-state index contributed by atoms with van der Waals surface area (Å²) in [6.45, 7) is 6.34. The first-order valence-electron chi connectivity index (χ1n) is 6.51. The molecule has 0 aliphatic carbocycles. The zero-order valence-corrected chi connectivity index (χ0v) is 11.7. The molecule has 2 nitrogen and oxygen atoms in total. The normalized spacial score (nSPS) is 12.2. The first-order chi connectivity index (χ1) is 9.06. The molecule has 0 heterocycles. The molecule has 1 N–H and O–H groups in total. The highest BCUT2D eigenvalue weighted by atomic mass is 16.5. The maximum absolute atomic E-state index is 10.1. The second-order valence-electron chi connectivity index (χ2n) is 5.01. The lowest BCUT2D eigenvalue weighted by Crippen LogP contribution is -2.10. The van der Waals surface area contributed by atoms with Crippen LogP contribution in [-0.4, -0.2) is 11.7 Å². The molecule has 19 heavy (non-hydrogen) atoms. The van der Waals surface area contributed by atoms with Gasteiger partial charge in [-0.3, -0.25) is 0 Å². The van der Waals surface area contributed by atoms with Crippen molar-refractivity contribution in [2.75, 3.05) is 6.61 Å². The van der Waals surface area contributed by atoms with Crippen molar-refractivity contribution in [1.82, 2.24) is 0 Å². The lowest BCUT2D eigenvalue weighted by atomic mass is 10.1. The van der Waals surface area contributed by atoms with Gasteiger partial charge < -0.3 is 9.84 Å². The minimum Gasteiger partial charge on any atom is -0.490 e. The van der Waals surface area contributed by atoms with Crippen LogP contribution in [0.2, 0.25) is 0 Å². The summed E-state index contributed by atoms with van der Waals surface area (Å²) in [6, 6.07) is 13.9. The summed E-state index contributed by atoms with van der Waals surface area (Å²) in [7, 11) is 0. The second kappa shape index (κ2) is 5.89. The number of ether oxygens (including phenoxy) is 1. The monoisotopic (exact) mass is 256 g/mol. The largest absolute Gasteiger partial charge is 0.490 e. The van der Waals surface area contributed by atoms with Crippen molar-refractivity contribution in [3.63, 3.8) is 0 Å². The van der Waals surface area contributed by atoms with Crippen LogP contribution in [0.5, 0.6) is 5.75 Å². The van der Waals surface area contributed by atoms with Gasteiger partial charge in [0.15, 0.2) is 0 Å². The van der Waals surface area contributed by atoms with E-state index in [0.29, 0.717) is 0 Å². The summed E-state index contributed by atoms with van der Waals surface area (Å²) >= 11 is 0. The van der Waals surface area contributed by atoms with Gasteiger partial charge in [-0.2, -0.15) is 0 Å². The van der Waals surface area contributed by atoms with E-state index < -0.39 is 6.10 Å². The van der Waals surface area contributed by atoms with Crippen LogP contribution in [-0.2, 0) is 0 Å². The molecule has 0 saturated heterocycles. The number of aliphatic hydroxyl groups is 1. The van der Waals surface area contributed by atoms with E-state index in [9.17, 15) is 5.11 Å². The second-order valence-corrected chi connectivity index (χ2v) is 5.01. The summed E-state index contributed by atoms with van der Waals surface area (Å²) in [5.74, 6) is 0.839. The van der Waals surface area contributed by atoms with Gasteiger partial charge >= 0.3 is 0 Å². The van der Waals surface area contributed by atoms with Crippen molar-refractivity contribution in [2.24, 2.45) is 0 Å². The quantitative estimate of drug-likeness (QED) is 0.903. The van der Waals surface area contributed by atoms with Crippen molar-refractivity contribution in [2.45, 2.75) is 26.9 Å². The zero-order chi connectivity index (χ0) is 13.8. The maximum atomic E-state index is 10.1. The molecule has 2 heteroatoms. The fourth-order valence-corrected chi connectivity index (χ4v) is 1.92. The number of rotatable bonds is 4. The highest BCUT2D eigenvalue weighted by Crippen LogP contribution is 2.21. The maximum Gasteiger partial charge on any atom is 0.122 e. The predicted octanol–water partition coefficient (Wildman–Crippen LogP) is 3.72. The van der Waals surface area contributed by atoms with Gasteiger partial charge in [0, 0.05) is 0 Å². The summed E-state index contributed by atoms with van der Waals surface area (Å²) in [6.07, 6.45) is -0.597. The molecule has 0 saturated carbocycles. The van der Waals surface area contributed by atoms with E-state index in [1.807, 2.05) is 57.2 Å². The third kappa shape index (κ3) is 3.58. The molecule has 0 aromatic heterocycles. The molecular weight excluding hydrogens is 236 g/mol. The summed E-state index contributed by atoms with van der Waals surface area (Å²) < 4.78 is 5.71. The van der Waals surface area contributed by atoms with Gasteiger partial charge in [0.25, 0.3) is 0 Å². The van der Waals surface area contributed by atoms with Crippen LogP contribution in [0.1, 0.15) is 28.4 Å². The minimum atomic E-state index is -0.597. The third-order valence-corrected chi connectivity index (χ3v) is 3.20. The molecular formula is C17H20O2. The van der Waals surface area contributed by atoms with E-state index in [-0.39, 0.29) is 6.61 Å². The van der Waals surface area contributed by atoms with Gasteiger partial charge in [-0.05, 0) is 43.5 Å². The van der Waals surface area contributed by atoms with Gasteiger partial charge in [0.05, 0.1) is 0 Å². The average Bonchev–Trinajstić information content (AvgIpc) is 2.40. The van der Waals surface area contributed by atoms with Crippen LogP contribution < -0.4 is 4.74 Å². The van der Waals surface area contributed by atoms with Gasteiger partial charge in [-0.25, -0.2) is 0 Å². The van der Waals surface area contributed by atoms with Crippen molar-refractivity contribution < 1.29 is 9.84 Å². The lowest BCUT2D eigenvalue weighted by Gasteiger charge is -2.14. The van der Waals surface area contributed by atoms with Gasteiger partial charge in [0.2, 0.25) is 0 Å². The Morgan fingerprint density at radius 1 is 0.947 bits per heavy atom. The SMILES string of the molecule is Cc1ccc(C(O)COc2cc(C)ccc2C)cc1. The average molecular weight is 256 g/mol. The van der Waals surface area contributed by atoms with Gasteiger partial charge in [-0.1, -0.05) is 42.0 Å². The number of benzene rings is 2. The Labute approximate surface area is 114 Å². The third-order valence-electron chi connectivity index (χ3n) is 3.20. The smallest absolute Gasteiger partial charge is 0.122 e. The van der Waals surface area contributed by atoms with Gasteiger partial charge in [-0.15, -0.1) is 0 Å². The Hall–Kier alpha value is -1.80. The van der Waals surface area contributed by atoms with Crippen molar-refractivity contribution in [3.05, 3.63) is 64.7 Å². The molecule has 2 aromatic rings. The number of aliphatic hydroxyl groups excluding tert-OH is 1. The fourth-order valence-electron chi connectivity index (χ4n) is 1.92. The molecule has 1 unspecified atom stereocenters. The Morgan fingerprint density at radius 2 is 1.58 bits per heavy atom. The molecule has 0 bridgehead atoms. The van der Waals surface area contributed by atoms with Crippen LogP contribution in [0.4, 0.5) is 0 Å². The molecule has 0 aliphatic heterocycles. The fraction of sp³-hybridized carbons (Fsp3) is 0.294. The van der Waals surface area contributed by atoms with E-state index in [2.05, 4.69) is 6.07 Å². The Bertz CT molecular complexity index is 544. The minimum absolute atomic E-state index is 0.271. The van der Waals surface area contributed by atoms with E-state index in [1.165, 1.54) is 5.56 Å². The molecule has 0 aliphatic rings. The van der Waals surface area contributed by atoms with Crippen molar-refractivity contribution in [3.8, 4) is 5.75 Å². The predicted molar refractivity (Wildman–Crippen MR) is 77.5 cm³/mol. The van der Waals surface area contributed by atoms with E-state index in [0.717, 1.165) is 22.4 Å². The lowest BCUT2D eigenvalue weighted by molar-refractivity contribution is 0.108. The van der Waals surface area contributed by atoms with Gasteiger partial charge in [0.1, 0.15) is 18.5 Å². The summed E-state index contributed by atoms with van der Waals surface area (Å²) in [5, 5.41) is 10.1. The molecule has 1 atom stereocenters. The van der Waals surface area contributed by atoms with E-state index in [1.54, 1.807) is 0 Å². The van der Waals surface area contributed by atoms with Crippen LogP contribution in [0.3, 0.4) is 0 Å². The molecule has 2 rings (SSSR count). The van der Waals surface area contributed by atoms with E-state index in [4.69, 9.17) is 4.74 Å². The van der Waals surface area contributed by atoms with Crippen LogP contribution in [0.25, 0.3) is 0 Å². The Kier molecular flexibility index (Phi) is 4.23. The Balaban J connectivity index is 2.02. The van der Waals surface area contributed by atoms with Crippen molar-refractivity contribution >= 4 is 0 Å². The Morgan fingerprint density at radius 3 is 2.26 bits per heavy atom. The van der Waals surface area contributed by atoms with Crippen molar-refractivity contribution in [1.29, 1.82) is 0 Å². The molecule has 0 spiro atoms.